The molecule has 0 aromatic carbocycles. The Balaban J connectivity index is 3.40. The molecule has 1 aliphatic carbocycles. The van der Waals surface area contributed by atoms with E-state index in [-0.39, 0.29) is 11.1 Å². The summed E-state index contributed by atoms with van der Waals surface area (Å²) in [5.41, 5.74) is -0.358. The number of allylic oxidation sites excluding steroid dienone is 2. The van der Waals surface area contributed by atoms with Gasteiger partial charge in [-0.1, -0.05) is 38.7 Å². The van der Waals surface area contributed by atoms with Gasteiger partial charge >= 0.3 is 11.9 Å². The molecule has 0 aromatic rings. The molecule has 1 aliphatic rings. The van der Waals surface area contributed by atoms with Gasteiger partial charge in [0.25, 0.3) is 0 Å². The van der Waals surface area contributed by atoms with Gasteiger partial charge in [0, 0.05) is 5.41 Å². The average molecular weight is 222 g/mol. The first-order valence-electron chi connectivity index (χ1n) is 4.83. The standard InChI is InChI=1S/C12H14O4/c1-4-7-8(10(13)14)5-6-12(2,3)9(7)11(15)16/h4-6,9H,1H2,2-3H3,(H,13,14)(H,15,16). The third-order valence-electron chi connectivity index (χ3n) is 2.74. The molecule has 0 bridgehead atoms. The van der Waals surface area contributed by atoms with Gasteiger partial charge in [0.2, 0.25) is 0 Å². The van der Waals surface area contributed by atoms with Gasteiger partial charge in [-0.2, -0.15) is 0 Å². The van der Waals surface area contributed by atoms with E-state index in [1.807, 2.05) is 0 Å². The van der Waals surface area contributed by atoms with Crippen LogP contribution in [0.1, 0.15) is 13.8 Å². The summed E-state index contributed by atoms with van der Waals surface area (Å²) in [5.74, 6) is -3.04. The highest BCUT2D eigenvalue weighted by Gasteiger charge is 2.39. The SMILES string of the molecule is C=CC1=C(C(=O)O)C=CC(C)(C)C1C(=O)O. The van der Waals surface area contributed by atoms with Gasteiger partial charge in [0.1, 0.15) is 0 Å². The number of carboxylic acid groups (broad SMARTS) is 2. The summed E-state index contributed by atoms with van der Waals surface area (Å²) in [6, 6.07) is 0. The molecular weight excluding hydrogens is 208 g/mol. The van der Waals surface area contributed by atoms with Crippen LogP contribution in [0.2, 0.25) is 0 Å². The first-order valence-corrected chi connectivity index (χ1v) is 4.83. The van der Waals surface area contributed by atoms with Gasteiger partial charge in [-0.3, -0.25) is 4.79 Å². The first kappa shape index (κ1) is 12.2. The Morgan fingerprint density at radius 3 is 2.38 bits per heavy atom. The van der Waals surface area contributed by atoms with E-state index >= 15 is 0 Å². The van der Waals surface area contributed by atoms with Crippen LogP contribution in [0.5, 0.6) is 0 Å². The maximum absolute atomic E-state index is 11.2. The van der Waals surface area contributed by atoms with Crippen molar-refractivity contribution in [1.82, 2.24) is 0 Å². The highest BCUT2D eigenvalue weighted by atomic mass is 16.4. The van der Waals surface area contributed by atoms with Gasteiger partial charge in [0.05, 0.1) is 11.5 Å². The summed E-state index contributed by atoms with van der Waals surface area (Å²) in [5, 5.41) is 18.1. The van der Waals surface area contributed by atoms with E-state index in [4.69, 9.17) is 10.2 Å². The molecule has 0 heterocycles. The van der Waals surface area contributed by atoms with Crippen molar-refractivity contribution in [3.05, 3.63) is 36.0 Å². The van der Waals surface area contributed by atoms with Gasteiger partial charge in [0.15, 0.2) is 0 Å². The number of aliphatic carboxylic acids is 2. The fourth-order valence-corrected chi connectivity index (χ4v) is 1.92. The zero-order valence-electron chi connectivity index (χ0n) is 9.23. The maximum atomic E-state index is 11.2. The second-order valence-electron chi connectivity index (χ2n) is 4.30. The zero-order chi connectivity index (χ0) is 12.5. The van der Waals surface area contributed by atoms with Crippen molar-refractivity contribution < 1.29 is 19.8 Å². The van der Waals surface area contributed by atoms with Gasteiger partial charge < -0.3 is 10.2 Å². The fraction of sp³-hybridized carbons (Fsp3) is 0.333. The van der Waals surface area contributed by atoms with Crippen LogP contribution in [0.3, 0.4) is 0 Å². The Morgan fingerprint density at radius 1 is 1.44 bits per heavy atom. The largest absolute Gasteiger partial charge is 0.481 e. The molecule has 16 heavy (non-hydrogen) atoms. The van der Waals surface area contributed by atoms with E-state index in [0.717, 1.165) is 0 Å². The molecule has 0 radical (unpaired) electrons. The summed E-state index contributed by atoms with van der Waals surface area (Å²) >= 11 is 0. The monoisotopic (exact) mass is 222 g/mol. The van der Waals surface area contributed by atoms with Crippen LogP contribution >= 0.6 is 0 Å². The third kappa shape index (κ3) is 1.91. The van der Waals surface area contributed by atoms with E-state index in [2.05, 4.69) is 6.58 Å². The lowest BCUT2D eigenvalue weighted by Crippen LogP contribution is -2.34. The van der Waals surface area contributed by atoms with Crippen LogP contribution in [0, 0.1) is 11.3 Å². The van der Waals surface area contributed by atoms with Crippen LogP contribution < -0.4 is 0 Å². The van der Waals surface area contributed by atoms with E-state index in [1.54, 1.807) is 19.9 Å². The average Bonchev–Trinajstić information content (AvgIpc) is 2.14. The van der Waals surface area contributed by atoms with E-state index < -0.39 is 23.3 Å². The lowest BCUT2D eigenvalue weighted by Gasteiger charge is -2.33. The van der Waals surface area contributed by atoms with Crippen molar-refractivity contribution in [2.24, 2.45) is 11.3 Å². The quantitative estimate of drug-likeness (QED) is 0.764. The Kier molecular flexibility index (Phi) is 3.03. The molecule has 0 saturated carbocycles. The molecule has 1 atom stereocenters. The molecule has 4 heteroatoms. The van der Waals surface area contributed by atoms with E-state index in [0.29, 0.717) is 0 Å². The number of hydrogen-bond acceptors (Lipinski definition) is 2. The van der Waals surface area contributed by atoms with Gasteiger partial charge in [-0.15, -0.1) is 0 Å². The minimum atomic E-state index is -1.13. The van der Waals surface area contributed by atoms with Crippen LogP contribution in [0.4, 0.5) is 0 Å². The van der Waals surface area contributed by atoms with E-state index in [1.165, 1.54) is 12.2 Å². The maximum Gasteiger partial charge on any atom is 0.335 e. The second-order valence-corrected chi connectivity index (χ2v) is 4.30. The fourth-order valence-electron chi connectivity index (χ4n) is 1.92. The molecular formula is C12H14O4. The predicted molar refractivity (Wildman–Crippen MR) is 58.9 cm³/mol. The second kappa shape index (κ2) is 3.96. The molecule has 86 valence electrons. The summed E-state index contributed by atoms with van der Waals surface area (Å²) in [6.45, 7) is 7.01. The first-order chi connectivity index (χ1) is 7.31. The van der Waals surface area contributed by atoms with Crippen molar-refractivity contribution >= 4 is 11.9 Å². The van der Waals surface area contributed by atoms with Crippen LogP contribution in [-0.2, 0) is 9.59 Å². The highest BCUT2D eigenvalue weighted by molar-refractivity contribution is 5.94. The zero-order valence-corrected chi connectivity index (χ0v) is 9.23. The number of carboxylic acids is 2. The van der Waals surface area contributed by atoms with Crippen molar-refractivity contribution in [3.63, 3.8) is 0 Å². The molecule has 0 amide bonds. The highest BCUT2D eigenvalue weighted by Crippen LogP contribution is 2.40. The topological polar surface area (TPSA) is 74.6 Å². The normalized spacial score (nSPS) is 23.0. The summed E-state index contributed by atoms with van der Waals surface area (Å²) in [7, 11) is 0. The summed E-state index contributed by atoms with van der Waals surface area (Å²) < 4.78 is 0. The Hall–Kier alpha value is -1.84. The molecule has 2 N–H and O–H groups in total. The van der Waals surface area contributed by atoms with Gasteiger partial charge in [-0.05, 0) is 5.57 Å². The molecule has 0 aromatic heterocycles. The van der Waals surface area contributed by atoms with Crippen molar-refractivity contribution in [2.45, 2.75) is 13.8 Å². The van der Waals surface area contributed by atoms with E-state index in [9.17, 15) is 9.59 Å². The molecule has 1 unspecified atom stereocenters. The molecule has 4 nitrogen and oxygen atoms in total. The molecule has 0 fully saturated rings. The summed E-state index contributed by atoms with van der Waals surface area (Å²) in [4.78, 5) is 22.2. The van der Waals surface area contributed by atoms with Crippen molar-refractivity contribution in [3.8, 4) is 0 Å². The Labute approximate surface area is 93.6 Å². The predicted octanol–water partition coefficient (Wildman–Crippen LogP) is 1.85. The van der Waals surface area contributed by atoms with Crippen LogP contribution in [-0.4, -0.2) is 22.2 Å². The van der Waals surface area contributed by atoms with Crippen molar-refractivity contribution in [1.29, 1.82) is 0 Å². The Bertz CT molecular complexity index is 413. The molecule has 0 aliphatic heterocycles. The minimum Gasteiger partial charge on any atom is -0.481 e. The molecule has 0 spiro atoms. The molecule has 0 saturated heterocycles. The minimum absolute atomic E-state index is 0.00160. The number of carbonyl (C=O) groups is 2. The lowest BCUT2D eigenvalue weighted by atomic mass is 9.70. The number of rotatable bonds is 3. The summed E-state index contributed by atoms with van der Waals surface area (Å²) in [6.07, 6.45) is 4.37. The van der Waals surface area contributed by atoms with Crippen molar-refractivity contribution in [2.75, 3.05) is 0 Å². The number of hydrogen-bond donors (Lipinski definition) is 2. The van der Waals surface area contributed by atoms with Crippen LogP contribution in [0.25, 0.3) is 0 Å². The Morgan fingerprint density at radius 2 is 2.00 bits per heavy atom. The smallest absolute Gasteiger partial charge is 0.335 e. The van der Waals surface area contributed by atoms with Gasteiger partial charge in [-0.25, -0.2) is 4.79 Å². The molecule has 1 rings (SSSR count). The van der Waals surface area contributed by atoms with Crippen LogP contribution in [0.15, 0.2) is 36.0 Å². The lowest BCUT2D eigenvalue weighted by molar-refractivity contribution is -0.142. The third-order valence-corrected chi connectivity index (χ3v) is 2.74.